The SMILES string of the molecule is C.C.C.C.CCCCCCC.CCCCCCC.CCCCCCCCC.CCCCCCCCC.O=C1C=CC(=O)N1CC1CCCCC1CN1C(=O)c2ccc(Oc3ccc4c(c3)C(=O)N(CC3CCCCC3CN3C(=O)C=CC3=O)C4=O)cc2C1=O. The minimum Gasteiger partial charge on any atom is -0.457 e. The molecule has 2 saturated carbocycles. The zero-order chi connectivity index (χ0) is 61.9. The van der Waals surface area contributed by atoms with Crippen molar-refractivity contribution >= 4 is 47.3 Å². The number of hydrogen-bond donors (Lipinski definition) is 0. The molecule has 4 unspecified atom stereocenters. The van der Waals surface area contributed by atoms with Crippen LogP contribution in [0.2, 0.25) is 0 Å². The van der Waals surface area contributed by atoms with E-state index in [0.717, 1.165) is 51.4 Å². The van der Waals surface area contributed by atoms with Crippen molar-refractivity contribution in [2.24, 2.45) is 23.7 Å². The van der Waals surface area contributed by atoms with E-state index in [1.165, 1.54) is 210 Å². The number of imide groups is 4. The van der Waals surface area contributed by atoms with E-state index < -0.39 is 23.6 Å². The number of nitrogens with zero attached hydrogens (tertiary/aromatic N) is 4. The average molecular weight is 1240 g/mol. The molecule has 4 aliphatic heterocycles. The summed E-state index contributed by atoms with van der Waals surface area (Å²) in [4.78, 5) is 108. The third-order valence-electron chi connectivity index (χ3n) is 17.6. The second kappa shape index (κ2) is 47.2. The molecule has 89 heavy (non-hydrogen) atoms. The molecule has 0 saturated heterocycles. The van der Waals surface area contributed by atoms with Gasteiger partial charge in [-0.15, -0.1) is 0 Å². The van der Waals surface area contributed by atoms with E-state index in [1.807, 2.05) is 0 Å². The number of unbranched alkanes of at least 4 members (excludes halogenated alkanes) is 20. The molecular weight excluding hydrogens is 1110 g/mol. The summed E-state index contributed by atoms with van der Waals surface area (Å²) in [6, 6.07) is 9.25. The van der Waals surface area contributed by atoms with Crippen molar-refractivity contribution in [1.29, 1.82) is 0 Å². The normalized spacial score (nSPS) is 18.7. The highest BCUT2D eigenvalue weighted by molar-refractivity contribution is 6.22. The second-order valence-electron chi connectivity index (χ2n) is 24.5. The molecule has 0 spiro atoms. The van der Waals surface area contributed by atoms with Crippen LogP contribution in [0.15, 0.2) is 60.7 Å². The third kappa shape index (κ3) is 26.9. The summed E-state index contributed by atoms with van der Waals surface area (Å²) in [6.07, 6.45) is 45.9. The lowest BCUT2D eigenvalue weighted by Gasteiger charge is -2.35. The maximum absolute atomic E-state index is 13.6. The van der Waals surface area contributed by atoms with E-state index in [1.54, 1.807) is 24.3 Å². The maximum atomic E-state index is 13.6. The van der Waals surface area contributed by atoms with E-state index in [4.69, 9.17) is 4.74 Å². The predicted molar refractivity (Wildman–Crippen MR) is 369 cm³/mol. The van der Waals surface area contributed by atoms with Crippen molar-refractivity contribution in [2.75, 3.05) is 26.2 Å². The van der Waals surface area contributed by atoms with Crippen molar-refractivity contribution in [3.63, 3.8) is 0 Å². The van der Waals surface area contributed by atoms with Crippen LogP contribution in [0.4, 0.5) is 0 Å². The van der Waals surface area contributed by atoms with E-state index in [0.29, 0.717) is 0 Å². The van der Waals surface area contributed by atoms with Gasteiger partial charge in [0.1, 0.15) is 11.5 Å². The molecule has 8 amide bonds. The summed E-state index contributed by atoms with van der Waals surface area (Å²) < 4.78 is 6.07. The Morgan fingerprint density at radius 2 is 0.517 bits per heavy atom. The molecule has 2 aromatic rings. The lowest BCUT2D eigenvalue weighted by atomic mass is 9.78. The zero-order valence-corrected chi connectivity index (χ0v) is 54.0. The summed E-state index contributed by atoms with van der Waals surface area (Å²) >= 11 is 0. The summed E-state index contributed by atoms with van der Waals surface area (Å²) in [5.41, 5.74) is 0.903. The Balaban J connectivity index is 0.00000177. The van der Waals surface area contributed by atoms with Gasteiger partial charge in [-0.1, -0.05) is 265 Å². The molecule has 8 rings (SSSR count). The lowest BCUT2D eigenvalue weighted by molar-refractivity contribution is -0.139. The van der Waals surface area contributed by atoms with Gasteiger partial charge in [0.15, 0.2) is 0 Å². The van der Waals surface area contributed by atoms with Gasteiger partial charge in [-0.25, -0.2) is 0 Å². The number of carbonyl (C=O) groups excluding carboxylic acids is 8. The molecule has 4 heterocycles. The first kappa shape index (κ1) is 83.3. The van der Waals surface area contributed by atoms with Crippen LogP contribution in [0.3, 0.4) is 0 Å². The molecule has 0 N–H and O–H groups in total. The number of benzene rings is 2. The van der Waals surface area contributed by atoms with Gasteiger partial charge >= 0.3 is 0 Å². The molecular formula is C76H126N4O9. The smallest absolute Gasteiger partial charge is 0.261 e. The van der Waals surface area contributed by atoms with Gasteiger partial charge in [0, 0.05) is 50.5 Å². The molecule has 504 valence electrons. The number of ether oxygens (including phenoxy) is 1. The van der Waals surface area contributed by atoms with Gasteiger partial charge < -0.3 is 4.74 Å². The monoisotopic (exact) mass is 1240 g/mol. The second-order valence-corrected chi connectivity index (χ2v) is 24.5. The van der Waals surface area contributed by atoms with Crippen LogP contribution in [0.1, 0.15) is 332 Å². The van der Waals surface area contributed by atoms with Crippen LogP contribution in [-0.4, -0.2) is 93.0 Å². The number of hydrogen-bond acceptors (Lipinski definition) is 9. The van der Waals surface area contributed by atoms with Gasteiger partial charge in [0.05, 0.1) is 22.3 Å². The Hall–Kier alpha value is -5.72. The van der Waals surface area contributed by atoms with Gasteiger partial charge in [0.25, 0.3) is 47.3 Å². The van der Waals surface area contributed by atoms with Crippen LogP contribution in [0.5, 0.6) is 11.5 Å². The van der Waals surface area contributed by atoms with E-state index in [2.05, 4.69) is 55.4 Å². The first-order valence-electron chi connectivity index (χ1n) is 34.0. The highest BCUT2D eigenvalue weighted by Gasteiger charge is 2.42. The van der Waals surface area contributed by atoms with Crippen molar-refractivity contribution in [2.45, 2.75) is 291 Å². The largest absolute Gasteiger partial charge is 0.457 e. The van der Waals surface area contributed by atoms with Crippen LogP contribution < -0.4 is 4.74 Å². The number of fused-ring (bicyclic) bond motifs is 2. The fourth-order valence-corrected chi connectivity index (χ4v) is 12.2. The molecule has 0 bridgehead atoms. The fraction of sp³-hybridized carbons (Fsp3) is 0.684. The number of amides is 8. The Kier molecular flexibility index (Phi) is 44.2. The average Bonchev–Trinajstić information content (AvgIpc) is 1.67. The van der Waals surface area contributed by atoms with Crippen molar-refractivity contribution in [1.82, 2.24) is 19.6 Å². The first-order chi connectivity index (χ1) is 41.2. The maximum Gasteiger partial charge on any atom is 0.261 e. The third-order valence-corrected chi connectivity index (χ3v) is 17.6. The molecule has 2 aliphatic carbocycles. The van der Waals surface area contributed by atoms with Gasteiger partial charge in [-0.2, -0.15) is 0 Å². The van der Waals surface area contributed by atoms with Crippen LogP contribution in [0, 0.1) is 23.7 Å². The molecule has 2 aromatic carbocycles. The Bertz CT molecular complexity index is 2260. The molecule has 0 aromatic heterocycles. The number of carbonyl (C=O) groups is 8. The van der Waals surface area contributed by atoms with Crippen LogP contribution >= 0.6 is 0 Å². The summed E-state index contributed by atoms with van der Waals surface area (Å²) in [5.74, 6) is -2.72. The van der Waals surface area contributed by atoms with E-state index in [-0.39, 0.29) is 137 Å². The molecule has 0 radical (unpaired) electrons. The Morgan fingerprint density at radius 3 is 0.764 bits per heavy atom. The zero-order valence-electron chi connectivity index (χ0n) is 54.0. The van der Waals surface area contributed by atoms with Crippen LogP contribution in [-0.2, 0) is 19.2 Å². The summed E-state index contributed by atoms with van der Waals surface area (Å²) in [5, 5.41) is 0. The molecule has 6 aliphatic rings. The first-order valence-corrected chi connectivity index (χ1v) is 34.0. The Labute approximate surface area is 542 Å². The predicted octanol–water partition coefficient (Wildman–Crippen LogP) is 20.1. The minimum atomic E-state index is -0.448. The fourth-order valence-electron chi connectivity index (χ4n) is 12.2. The van der Waals surface area contributed by atoms with Gasteiger partial charge in [-0.05, 0) is 85.8 Å². The van der Waals surface area contributed by atoms with E-state index in [9.17, 15) is 38.4 Å². The van der Waals surface area contributed by atoms with Crippen molar-refractivity contribution in [3.05, 3.63) is 83.0 Å². The van der Waals surface area contributed by atoms with Gasteiger partial charge in [0.2, 0.25) is 0 Å². The number of rotatable bonds is 30. The standard InChI is InChI=1S/C40H38N4O9.2C9H20.2C7H16.4CH4/c45-33-13-14-34(46)41(33)19-23-5-1-3-7-25(23)21-43-37(49)29-11-9-27(17-31(29)39(43)51)53-28-10-12-30-32(18-28)40(52)44(38(30)50)22-26-8-4-2-6-24(26)20-42-35(47)15-16-36(42)48;2*1-3-5-7-9-8-6-4-2;2*1-3-5-7-6-4-2;;;;/h9-18,23-26H,1-8,19-22H2;2*3-9H2,1-2H3;2*3-7H2,1-2H3;4*1H4. The quantitative estimate of drug-likeness (QED) is 0.0548. The molecule has 2 fully saturated rings. The van der Waals surface area contributed by atoms with Crippen LogP contribution in [0.25, 0.3) is 0 Å². The summed E-state index contributed by atoms with van der Waals surface area (Å²) in [7, 11) is 0. The Morgan fingerprint density at radius 1 is 0.303 bits per heavy atom. The minimum absolute atomic E-state index is 0. The highest BCUT2D eigenvalue weighted by Crippen LogP contribution is 2.38. The van der Waals surface area contributed by atoms with E-state index >= 15 is 0 Å². The van der Waals surface area contributed by atoms with Crippen molar-refractivity contribution in [3.8, 4) is 11.5 Å². The highest BCUT2D eigenvalue weighted by atomic mass is 16.5. The van der Waals surface area contributed by atoms with Crippen molar-refractivity contribution < 1.29 is 43.1 Å². The topological polar surface area (TPSA) is 159 Å². The summed E-state index contributed by atoms with van der Waals surface area (Å²) in [6.45, 7) is 18.9. The molecule has 4 atom stereocenters. The molecule has 13 heteroatoms. The molecule has 13 nitrogen and oxygen atoms in total. The lowest BCUT2D eigenvalue weighted by Crippen LogP contribution is -2.43. The van der Waals surface area contributed by atoms with Gasteiger partial charge in [-0.3, -0.25) is 58.0 Å².